The summed E-state index contributed by atoms with van der Waals surface area (Å²) < 4.78 is 3.93. The fraction of sp³-hybridized carbons (Fsp3) is 0.348. The second kappa shape index (κ2) is 7.61. The Kier molecular flexibility index (Phi) is 4.77. The van der Waals surface area contributed by atoms with Gasteiger partial charge in [0.2, 0.25) is 0 Å². The number of anilines is 1. The number of fused-ring (bicyclic) bond motifs is 2. The number of hydrogen-bond acceptors (Lipinski definition) is 5. The van der Waals surface area contributed by atoms with Gasteiger partial charge in [-0.3, -0.25) is 9.48 Å². The van der Waals surface area contributed by atoms with E-state index in [-0.39, 0.29) is 5.91 Å². The van der Waals surface area contributed by atoms with Gasteiger partial charge >= 0.3 is 0 Å². The molecule has 1 aliphatic rings. The van der Waals surface area contributed by atoms with E-state index in [0.29, 0.717) is 11.2 Å². The number of pyridine rings is 1. The minimum absolute atomic E-state index is 0.177. The lowest BCUT2D eigenvalue weighted by molar-refractivity contribution is 0.102. The molecule has 4 aromatic rings. The van der Waals surface area contributed by atoms with Crippen molar-refractivity contribution in [3.05, 3.63) is 53.1 Å². The van der Waals surface area contributed by atoms with Crippen LogP contribution in [-0.2, 0) is 20.0 Å². The Morgan fingerprint density at radius 2 is 1.97 bits per heavy atom. The highest BCUT2D eigenvalue weighted by molar-refractivity contribution is 6.12. The Balaban J connectivity index is 1.48. The third kappa shape index (κ3) is 3.48. The number of nitrogens with one attached hydrogen (secondary N) is 1. The summed E-state index contributed by atoms with van der Waals surface area (Å²) in [6, 6.07) is 9.61. The predicted molar refractivity (Wildman–Crippen MR) is 119 cm³/mol. The smallest absolute Gasteiger partial charge is 0.256 e. The zero-order chi connectivity index (χ0) is 21.5. The fourth-order valence-electron chi connectivity index (χ4n) is 4.38. The van der Waals surface area contributed by atoms with Gasteiger partial charge in [-0.25, -0.2) is 4.98 Å². The molecule has 31 heavy (non-hydrogen) atoms. The van der Waals surface area contributed by atoms with E-state index in [2.05, 4.69) is 30.2 Å². The number of rotatable bonds is 3. The van der Waals surface area contributed by atoms with Crippen LogP contribution in [0.5, 0.6) is 0 Å². The molecule has 0 bridgehead atoms. The van der Waals surface area contributed by atoms with Gasteiger partial charge in [-0.05, 0) is 44.9 Å². The van der Waals surface area contributed by atoms with E-state index in [1.165, 1.54) is 6.42 Å². The Labute approximate surface area is 180 Å². The third-order valence-corrected chi connectivity index (χ3v) is 5.83. The number of carbonyl (C=O) groups excluding carboxylic acids is 1. The van der Waals surface area contributed by atoms with Crippen LogP contribution in [0.1, 0.15) is 46.8 Å². The molecule has 1 aromatic carbocycles. The molecule has 158 valence electrons. The quantitative estimate of drug-likeness (QED) is 0.549. The molecular weight excluding hydrogens is 390 g/mol. The maximum absolute atomic E-state index is 13.2. The lowest BCUT2D eigenvalue weighted by Crippen LogP contribution is -2.13. The number of benzene rings is 1. The Morgan fingerprint density at radius 1 is 1.10 bits per heavy atom. The fourth-order valence-corrected chi connectivity index (χ4v) is 4.38. The van der Waals surface area contributed by atoms with Gasteiger partial charge in [0, 0.05) is 37.0 Å². The summed E-state index contributed by atoms with van der Waals surface area (Å²) in [4.78, 5) is 17.8. The van der Waals surface area contributed by atoms with Crippen molar-refractivity contribution in [3.8, 4) is 11.4 Å². The average molecular weight is 416 g/mol. The monoisotopic (exact) mass is 415 g/mol. The first-order chi connectivity index (χ1) is 15.0. The second-order valence-corrected chi connectivity index (χ2v) is 8.16. The SMILES string of the molecule is Cc1cc(C(=O)Nc2cccc(-c3nnc4n3CCCCC4)c2)c2c(C)nn(C)c2n1. The molecule has 0 fully saturated rings. The number of aromatic nitrogens is 6. The molecule has 0 unspecified atom stereocenters. The summed E-state index contributed by atoms with van der Waals surface area (Å²) in [6.45, 7) is 4.72. The van der Waals surface area contributed by atoms with Crippen LogP contribution in [0, 0.1) is 13.8 Å². The summed E-state index contributed by atoms with van der Waals surface area (Å²) in [5.41, 5.74) is 4.53. The lowest BCUT2D eigenvalue weighted by atomic mass is 10.1. The van der Waals surface area contributed by atoms with Crippen molar-refractivity contribution in [2.45, 2.75) is 46.1 Å². The molecule has 0 saturated carbocycles. The summed E-state index contributed by atoms with van der Waals surface area (Å²) in [5.74, 6) is 1.73. The van der Waals surface area contributed by atoms with Gasteiger partial charge in [0.15, 0.2) is 11.5 Å². The summed E-state index contributed by atoms with van der Waals surface area (Å²) in [5, 5.41) is 17.1. The lowest BCUT2D eigenvalue weighted by Gasteiger charge is -2.10. The van der Waals surface area contributed by atoms with E-state index in [9.17, 15) is 4.79 Å². The van der Waals surface area contributed by atoms with Gasteiger partial charge in [0.05, 0.1) is 16.6 Å². The van der Waals surface area contributed by atoms with Gasteiger partial charge in [-0.2, -0.15) is 5.10 Å². The van der Waals surface area contributed by atoms with Crippen LogP contribution in [0.3, 0.4) is 0 Å². The normalized spacial score (nSPS) is 13.8. The molecular formula is C23H25N7O. The summed E-state index contributed by atoms with van der Waals surface area (Å²) in [7, 11) is 1.84. The van der Waals surface area contributed by atoms with E-state index in [1.807, 2.05) is 51.2 Å². The molecule has 0 atom stereocenters. The zero-order valence-corrected chi connectivity index (χ0v) is 18.0. The van der Waals surface area contributed by atoms with Gasteiger partial charge in [0.1, 0.15) is 5.82 Å². The molecule has 0 radical (unpaired) electrons. The minimum Gasteiger partial charge on any atom is -0.322 e. The summed E-state index contributed by atoms with van der Waals surface area (Å²) in [6.07, 6.45) is 4.47. The molecule has 0 spiro atoms. The second-order valence-electron chi connectivity index (χ2n) is 8.16. The zero-order valence-electron chi connectivity index (χ0n) is 18.0. The third-order valence-electron chi connectivity index (χ3n) is 5.83. The van der Waals surface area contributed by atoms with E-state index in [0.717, 1.165) is 65.5 Å². The van der Waals surface area contributed by atoms with E-state index in [4.69, 9.17) is 0 Å². The first-order valence-corrected chi connectivity index (χ1v) is 10.7. The standard InChI is InChI=1S/C23H25N7O/c1-14-12-18(20-15(2)28-29(3)22(20)24-14)23(31)25-17-9-7-8-16(13-17)21-27-26-19-10-5-4-6-11-30(19)21/h7-9,12-13H,4-6,10-11H2,1-3H3,(H,25,31). The molecule has 0 saturated heterocycles. The first-order valence-electron chi connectivity index (χ1n) is 10.7. The molecule has 5 rings (SSSR count). The maximum Gasteiger partial charge on any atom is 0.256 e. The van der Waals surface area contributed by atoms with Crippen molar-refractivity contribution >= 4 is 22.6 Å². The predicted octanol–water partition coefficient (Wildman–Crippen LogP) is 3.82. The maximum atomic E-state index is 13.2. The van der Waals surface area contributed by atoms with Gasteiger partial charge in [-0.1, -0.05) is 18.6 Å². The molecule has 0 aliphatic carbocycles. The van der Waals surface area contributed by atoms with E-state index in [1.54, 1.807) is 4.68 Å². The van der Waals surface area contributed by atoms with Gasteiger partial charge in [0.25, 0.3) is 5.91 Å². The van der Waals surface area contributed by atoms with Crippen LogP contribution < -0.4 is 5.32 Å². The molecule has 1 amide bonds. The topological polar surface area (TPSA) is 90.5 Å². The van der Waals surface area contributed by atoms with Gasteiger partial charge in [-0.15, -0.1) is 10.2 Å². The molecule has 8 nitrogen and oxygen atoms in total. The van der Waals surface area contributed by atoms with Crippen LogP contribution in [-0.4, -0.2) is 35.4 Å². The van der Waals surface area contributed by atoms with Crippen LogP contribution in [0.2, 0.25) is 0 Å². The van der Waals surface area contributed by atoms with Crippen molar-refractivity contribution in [2.24, 2.45) is 7.05 Å². The molecule has 3 aromatic heterocycles. The minimum atomic E-state index is -0.177. The number of hydrogen-bond donors (Lipinski definition) is 1. The average Bonchev–Trinajstić information content (AvgIpc) is 3.18. The Bertz CT molecular complexity index is 1300. The molecule has 4 heterocycles. The van der Waals surface area contributed by atoms with Crippen molar-refractivity contribution in [1.82, 2.24) is 29.5 Å². The highest BCUT2D eigenvalue weighted by Gasteiger charge is 2.19. The number of nitrogens with zero attached hydrogens (tertiary/aromatic N) is 6. The number of amides is 1. The molecule has 1 N–H and O–H groups in total. The van der Waals surface area contributed by atoms with E-state index >= 15 is 0 Å². The van der Waals surface area contributed by atoms with Gasteiger partial charge < -0.3 is 9.88 Å². The molecule has 8 heteroatoms. The largest absolute Gasteiger partial charge is 0.322 e. The van der Waals surface area contributed by atoms with Crippen LogP contribution in [0.15, 0.2) is 30.3 Å². The van der Waals surface area contributed by atoms with Crippen molar-refractivity contribution < 1.29 is 4.79 Å². The first kappa shape index (κ1) is 19.4. The Hall–Kier alpha value is -3.55. The van der Waals surface area contributed by atoms with Crippen LogP contribution in [0.25, 0.3) is 22.4 Å². The van der Waals surface area contributed by atoms with Crippen molar-refractivity contribution in [1.29, 1.82) is 0 Å². The van der Waals surface area contributed by atoms with E-state index < -0.39 is 0 Å². The highest BCUT2D eigenvalue weighted by atomic mass is 16.1. The number of carbonyl (C=O) groups is 1. The Morgan fingerprint density at radius 3 is 2.84 bits per heavy atom. The van der Waals surface area contributed by atoms with Crippen molar-refractivity contribution in [2.75, 3.05) is 5.32 Å². The van der Waals surface area contributed by atoms with Crippen LogP contribution in [0.4, 0.5) is 5.69 Å². The number of aryl methyl sites for hydroxylation is 4. The molecule has 1 aliphatic heterocycles. The van der Waals surface area contributed by atoms with Crippen molar-refractivity contribution in [3.63, 3.8) is 0 Å². The summed E-state index contributed by atoms with van der Waals surface area (Å²) >= 11 is 0. The van der Waals surface area contributed by atoms with Crippen LogP contribution >= 0.6 is 0 Å². The highest BCUT2D eigenvalue weighted by Crippen LogP contribution is 2.26.